The fraction of sp³-hybridized carbons (Fsp3) is 0.682. The lowest BCUT2D eigenvalue weighted by atomic mass is 9.48. The molecule has 0 saturated heterocycles. The molecule has 1 fully saturated rings. The second-order valence-electron chi connectivity index (χ2n) is 9.51. The highest BCUT2D eigenvalue weighted by Crippen LogP contribution is 2.61. The largest absolute Gasteiger partial charge is 0.507 e. The van der Waals surface area contributed by atoms with Crippen molar-refractivity contribution in [3.8, 4) is 0 Å². The molecule has 5 heteroatoms. The molecule has 3 atom stereocenters. The molecule has 0 aromatic heterocycles. The summed E-state index contributed by atoms with van der Waals surface area (Å²) >= 11 is 0. The van der Waals surface area contributed by atoms with Crippen molar-refractivity contribution in [3.63, 3.8) is 0 Å². The van der Waals surface area contributed by atoms with Crippen LogP contribution in [0.15, 0.2) is 22.5 Å². The molecule has 0 aromatic rings. The number of aliphatic hydroxyl groups excluding tert-OH is 1. The Morgan fingerprint density at radius 3 is 2.33 bits per heavy atom. The van der Waals surface area contributed by atoms with Gasteiger partial charge in [0.15, 0.2) is 0 Å². The van der Waals surface area contributed by atoms with Crippen LogP contribution in [0.3, 0.4) is 0 Å². The maximum Gasteiger partial charge on any atom is 0.303 e. The third-order valence-corrected chi connectivity index (χ3v) is 6.92. The normalized spacial score (nSPS) is 33.1. The number of aliphatic hydroxyl groups is 1. The first-order valence-electron chi connectivity index (χ1n) is 9.86. The number of ketones is 2. The lowest BCUT2D eigenvalue weighted by Gasteiger charge is -2.56. The monoisotopic (exact) mass is 374 g/mol. The summed E-state index contributed by atoms with van der Waals surface area (Å²) in [4.78, 5) is 37.8. The number of rotatable bonds is 2. The van der Waals surface area contributed by atoms with Crippen LogP contribution >= 0.6 is 0 Å². The zero-order valence-corrected chi connectivity index (χ0v) is 17.1. The molecular weight excluding hydrogens is 344 g/mol. The van der Waals surface area contributed by atoms with Crippen LogP contribution in [-0.4, -0.2) is 28.7 Å². The van der Waals surface area contributed by atoms with E-state index in [2.05, 4.69) is 13.8 Å². The number of esters is 1. The Morgan fingerprint density at radius 2 is 1.78 bits per heavy atom. The number of carbonyl (C=O) groups is 3. The Labute approximate surface area is 160 Å². The van der Waals surface area contributed by atoms with E-state index in [0.717, 1.165) is 19.3 Å². The fourth-order valence-electron chi connectivity index (χ4n) is 5.79. The molecule has 0 heterocycles. The van der Waals surface area contributed by atoms with Crippen molar-refractivity contribution >= 4 is 17.5 Å². The lowest BCUT2D eigenvalue weighted by Crippen LogP contribution is -2.53. The quantitative estimate of drug-likeness (QED) is 0.448. The molecule has 27 heavy (non-hydrogen) atoms. The number of fused-ring (bicyclic) bond motifs is 2. The molecule has 3 rings (SSSR count). The van der Waals surface area contributed by atoms with Crippen molar-refractivity contribution in [3.05, 3.63) is 22.5 Å². The molecule has 3 aliphatic carbocycles. The van der Waals surface area contributed by atoms with Crippen LogP contribution in [0.1, 0.15) is 67.2 Å². The molecule has 0 unspecified atom stereocenters. The van der Waals surface area contributed by atoms with Crippen LogP contribution in [0, 0.1) is 22.7 Å². The van der Waals surface area contributed by atoms with E-state index in [1.807, 2.05) is 6.92 Å². The molecule has 0 amide bonds. The summed E-state index contributed by atoms with van der Waals surface area (Å²) in [6, 6.07) is 0. The number of carbonyl (C=O) groups excluding carboxylic acids is 3. The molecule has 3 aliphatic rings. The maximum absolute atomic E-state index is 13.2. The first-order chi connectivity index (χ1) is 12.4. The van der Waals surface area contributed by atoms with E-state index < -0.39 is 29.1 Å². The number of hydrogen-bond donors (Lipinski definition) is 1. The molecule has 0 spiro atoms. The van der Waals surface area contributed by atoms with Crippen LogP contribution < -0.4 is 0 Å². The van der Waals surface area contributed by atoms with E-state index in [4.69, 9.17) is 4.74 Å². The average molecular weight is 374 g/mol. The first-order valence-corrected chi connectivity index (χ1v) is 9.86. The van der Waals surface area contributed by atoms with Gasteiger partial charge < -0.3 is 9.84 Å². The van der Waals surface area contributed by atoms with Gasteiger partial charge in [0.25, 0.3) is 0 Å². The van der Waals surface area contributed by atoms with Gasteiger partial charge in [0.1, 0.15) is 11.9 Å². The van der Waals surface area contributed by atoms with Crippen LogP contribution in [0.5, 0.6) is 0 Å². The van der Waals surface area contributed by atoms with Gasteiger partial charge in [-0.1, -0.05) is 41.0 Å². The highest BCUT2D eigenvalue weighted by atomic mass is 16.5. The summed E-state index contributed by atoms with van der Waals surface area (Å²) in [5.41, 5.74) is 0.328. The van der Waals surface area contributed by atoms with Gasteiger partial charge in [-0.25, -0.2) is 0 Å². The molecule has 0 bridgehead atoms. The summed E-state index contributed by atoms with van der Waals surface area (Å²) in [6.45, 7) is 11.3. The summed E-state index contributed by atoms with van der Waals surface area (Å²) in [5.74, 6) is -1.96. The number of Topliss-reactive ketones (excluding diaryl/α,β-unsaturated/α-hetero) is 2. The van der Waals surface area contributed by atoms with E-state index in [0.29, 0.717) is 17.6 Å². The Kier molecular flexibility index (Phi) is 4.64. The van der Waals surface area contributed by atoms with Gasteiger partial charge in [-0.3, -0.25) is 14.4 Å². The number of allylic oxidation sites excluding steroid dienone is 2. The van der Waals surface area contributed by atoms with Crippen LogP contribution in [0.2, 0.25) is 0 Å². The van der Waals surface area contributed by atoms with Crippen LogP contribution in [0.25, 0.3) is 0 Å². The SMILES string of the molecule is CC(=O)O[C@H]1C[C@H]2C(C)(C)CCC[C@]2(C)C2=C1C(O)=C(C(C)C)C(=O)C2=O. The van der Waals surface area contributed by atoms with Crippen molar-refractivity contribution in [1.82, 2.24) is 0 Å². The minimum Gasteiger partial charge on any atom is -0.507 e. The predicted molar refractivity (Wildman–Crippen MR) is 101 cm³/mol. The Hall–Kier alpha value is -1.91. The number of ether oxygens (including phenoxy) is 1. The Bertz CT molecular complexity index is 783. The summed E-state index contributed by atoms with van der Waals surface area (Å²) in [6.07, 6.45) is 2.62. The zero-order chi connectivity index (χ0) is 20.3. The highest BCUT2D eigenvalue weighted by Gasteiger charge is 2.58. The van der Waals surface area contributed by atoms with Gasteiger partial charge in [-0.2, -0.15) is 0 Å². The fourth-order valence-corrected chi connectivity index (χ4v) is 5.79. The predicted octanol–water partition coefficient (Wildman–Crippen LogP) is 4.07. The smallest absolute Gasteiger partial charge is 0.303 e. The van der Waals surface area contributed by atoms with E-state index in [-0.39, 0.29) is 28.6 Å². The van der Waals surface area contributed by atoms with Crippen LogP contribution in [0.4, 0.5) is 0 Å². The molecule has 0 aliphatic heterocycles. The van der Waals surface area contributed by atoms with Crippen molar-refractivity contribution < 1.29 is 24.2 Å². The van der Waals surface area contributed by atoms with E-state index >= 15 is 0 Å². The number of hydrogen-bond acceptors (Lipinski definition) is 5. The third kappa shape index (κ3) is 2.86. The molecule has 148 valence electrons. The first kappa shape index (κ1) is 19.8. The van der Waals surface area contributed by atoms with Gasteiger partial charge >= 0.3 is 5.97 Å². The van der Waals surface area contributed by atoms with Gasteiger partial charge in [0.05, 0.1) is 0 Å². The van der Waals surface area contributed by atoms with Crippen molar-refractivity contribution in [2.75, 3.05) is 0 Å². The second kappa shape index (κ2) is 6.32. The molecule has 1 N–H and O–H groups in total. The van der Waals surface area contributed by atoms with Crippen molar-refractivity contribution in [1.29, 1.82) is 0 Å². The van der Waals surface area contributed by atoms with Gasteiger partial charge in [0.2, 0.25) is 11.6 Å². The van der Waals surface area contributed by atoms with E-state index in [1.165, 1.54) is 6.92 Å². The third-order valence-electron chi connectivity index (χ3n) is 6.92. The summed E-state index contributed by atoms with van der Waals surface area (Å²) in [5, 5.41) is 11.0. The topological polar surface area (TPSA) is 80.7 Å². The summed E-state index contributed by atoms with van der Waals surface area (Å²) < 4.78 is 5.58. The van der Waals surface area contributed by atoms with E-state index in [9.17, 15) is 19.5 Å². The van der Waals surface area contributed by atoms with Gasteiger partial charge in [-0.15, -0.1) is 0 Å². The molecule has 5 nitrogen and oxygen atoms in total. The lowest BCUT2D eigenvalue weighted by molar-refractivity contribution is -0.149. The molecule has 0 radical (unpaired) electrons. The molecular formula is C22H30O5. The second-order valence-corrected chi connectivity index (χ2v) is 9.51. The van der Waals surface area contributed by atoms with Gasteiger partial charge in [-0.05, 0) is 36.5 Å². The van der Waals surface area contributed by atoms with Crippen molar-refractivity contribution in [2.24, 2.45) is 22.7 Å². The standard InChI is InChI=1S/C22H30O5/c1-11(2)15-18(24)16-13(27-12(3)23)10-14-21(4,5)8-7-9-22(14,6)17(16)20(26)19(15)25/h11,13-14,24H,7-10H2,1-6H3/t13-,14-,22-/m0/s1. The van der Waals surface area contributed by atoms with Gasteiger partial charge in [0, 0.05) is 29.1 Å². The molecule has 1 saturated carbocycles. The van der Waals surface area contributed by atoms with Crippen LogP contribution in [-0.2, 0) is 19.1 Å². The van der Waals surface area contributed by atoms with Crippen molar-refractivity contribution in [2.45, 2.75) is 73.3 Å². The maximum atomic E-state index is 13.2. The minimum atomic E-state index is -0.696. The minimum absolute atomic E-state index is 0.0507. The Morgan fingerprint density at radius 1 is 1.15 bits per heavy atom. The summed E-state index contributed by atoms with van der Waals surface area (Å²) in [7, 11) is 0. The highest BCUT2D eigenvalue weighted by molar-refractivity contribution is 6.50. The average Bonchev–Trinajstić information content (AvgIpc) is 2.52. The molecule has 0 aromatic carbocycles. The Balaban J connectivity index is 2.30. The van der Waals surface area contributed by atoms with E-state index in [1.54, 1.807) is 13.8 Å². The zero-order valence-electron chi connectivity index (χ0n) is 17.1.